The number of halogens is 3. The van der Waals surface area contributed by atoms with Crippen LogP contribution in [0, 0.1) is 0 Å². The van der Waals surface area contributed by atoms with Crippen molar-refractivity contribution >= 4 is 44.8 Å². The number of nitrogens with zero attached hydrogens (tertiary/aromatic N) is 2. The average molecular weight is 474 g/mol. The molecule has 0 radical (unpaired) electrons. The Bertz CT molecular complexity index is 1080. The van der Waals surface area contributed by atoms with Crippen molar-refractivity contribution in [3.05, 3.63) is 97.9 Å². The highest BCUT2D eigenvalue weighted by Gasteiger charge is 2.41. The van der Waals surface area contributed by atoms with E-state index in [0.717, 1.165) is 44.1 Å². The van der Waals surface area contributed by atoms with Gasteiger partial charge in [-0.15, -0.1) is 0 Å². The van der Waals surface area contributed by atoms with Gasteiger partial charge in [0.1, 0.15) is 5.75 Å². The minimum Gasteiger partial charge on any atom is -0.464 e. The highest BCUT2D eigenvalue weighted by Crippen LogP contribution is 2.48. The second-order valence-electron chi connectivity index (χ2n) is 6.86. The molecular weight excluding hydrogens is 459 g/mol. The lowest BCUT2D eigenvalue weighted by atomic mass is 9.96. The molecule has 0 saturated carbocycles. The zero-order valence-electron chi connectivity index (χ0n) is 14.6. The summed E-state index contributed by atoms with van der Waals surface area (Å²) in [5.41, 5.74) is 4.19. The summed E-state index contributed by atoms with van der Waals surface area (Å²) in [7, 11) is 0. The second-order valence-corrected chi connectivity index (χ2v) is 8.65. The molecule has 3 nitrogen and oxygen atoms in total. The predicted octanol–water partition coefficient (Wildman–Crippen LogP) is 7.00. The standard InChI is InChI=1S/C22H15BrCl2N2O/c23-15-6-9-21-18(11-15)20-12-19(13-4-7-16(24)8-5-13)26-27(20)22(28-21)14-2-1-3-17(25)10-14/h1-11,20,22H,12H2/t20-,22+/m1/s1. The molecule has 2 aliphatic heterocycles. The number of ether oxygens (including phenoxy) is 1. The Kier molecular flexibility index (Phi) is 4.58. The lowest BCUT2D eigenvalue weighted by Gasteiger charge is -2.38. The minimum absolute atomic E-state index is 0.0934. The van der Waals surface area contributed by atoms with E-state index < -0.39 is 0 Å². The van der Waals surface area contributed by atoms with Crippen LogP contribution in [0.1, 0.15) is 35.4 Å². The Morgan fingerprint density at radius 1 is 0.964 bits per heavy atom. The maximum atomic E-state index is 6.36. The lowest BCUT2D eigenvalue weighted by Crippen LogP contribution is -2.33. The van der Waals surface area contributed by atoms with Gasteiger partial charge < -0.3 is 4.74 Å². The van der Waals surface area contributed by atoms with Crippen molar-refractivity contribution in [2.45, 2.75) is 18.7 Å². The van der Waals surface area contributed by atoms with Crippen LogP contribution >= 0.6 is 39.1 Å². The molecule has 5 rings (SSSR count). The molecule has 0 bridgehead atoms. The first-order valence-electron chi connectivity index (χ1n) is 8.92. The van der Waals surface area contributed by atoms with Crippen LogP contribution < -0.4 is 4.74 Å². The minimum atomic E-state index is -0.331. The van der Waals surface area contributed by atoms with Crippen LogP contribution in [0.3, 0.4) is 0 Å². The van der Waals surface area contributed by atoms with Crippen LogP contribution in [-0.4, -0.2) is 10.7 Å². The summed E-state index contributed by atoms with van der Waals surface area (Å²) < 4.78 is 7.39. The first-order valence-corrected chi connectivity index (χ1v) is 10.5. The zero-order valence-corrected chi connectivity index (χ0v) is 17.7. The number of fused-ring (bicyclic) bond motifs is 3. The SMILES string of the molecule is Clc1ccc(C2=NN3[C@H](C2)c2cc(Br)ccc2O[C@H]3c2cccc(Cl)c2)cc1. The molecule has 6 heteroatoms. The number of rotatable bonds is 2. The van der Waals surface area contributed by atoms with Crippen molar-refractivity contribution in [1.29, 1.82) is 0 Å². The summed E-state index contributed by atoms with van der Waals surface area (Å²) in [6, 6.07) is 21.8. The summed E-state index contributed by atoms with van der Waals surface area (Å²) in [4.78, 5) is 0. The molecule has 0 saturated heterocycles. The van der Waals surface area contributed by atoms with Crippen LogP contribution in [0.2, 0.25) is 10.0 Å². The fourth-order valence-electron chi connectivity index (χ4n) is 3.76. The van der Waals surface area contributed by atoms with Crippen LogP contribution in [0.4, 0.5) is 0 Å². The van der Waals surface area contributed by atoms with Gasteiger partial charge in [-0.3, -0.25) is 0 Å². The van der Waals surface area contributed by atoms with E-state index in [1.54, 1.807) is 0 Å². The van der Waals surface area contributed by atoms with Crippen LogP contribution in [0.15, 0.2) is 76.3 Å². The maximum absolute atomic E-state index is 6.36. The van der Waals surface area contributed by atoms with Gasteiger partial charge in [0.2, 0.25) is 6.23 Å². The molecule has 2 aliphatic rings. The van der Waals surface area contributed by atoms with Gasteiger partial charge in [-0.1, -0.05) is 63.4 Å². The van der Waals surface area contributed by atoms with E-state index in [1.807, 2.05) is 65.7 Å². The summed E-state index contributed by atoms with van der Waals surface area (Å²) in [6.07, 6.45) is 0.466. The highest BCUT2D eigenvalue weighted by molar-refractivity contribution is 9.10. The monoisotopic (exact) mass is 472 g/mol. The molecule has 2 heterocycles. The first-order chi connectivity index (χ1) is 13.6. The number of hydrazone groups is 1. The number of benzene rings is 3. The second kappa shape index (κ2) is 7.11. The number of hydrogen-bond acceptors (Lipinski definition) is 3. The quantitative estimate of drug-likeness (QED) is 0.400. The Labute approximate surface area is 181 Å². The summed E-state index contributed by atoms with van der Waals surface area (Å²) in [6.45, 7) is 0. The first kappa shape index (κ1) is 18.0. The van der Waals surface area contributed by atoms with E-state index in [9.17, 15) is 0 Å². The number of hydrogen-bond donors (Lipinski definition) is 0. The van der Waals surface area contributed by atoms with Gasteiger partial charge in [-0.25, -0.2) is 5.01 Å². The fourth-order valence-corrected chi connectivity index (χ4v) is 4.46. The van der Waals surface area contributed by atoms with Crippen LogP contribution in [-0.2, 0) is 0 Å². The maximum Gasteiger partial charge on any atom is 0.213 e. The zero-order chi connectivity index (χ0) is 19.3. The molecule has 28 heavy (non-hydrogen) atoms. The van der Waals surface area contributed by atoms with Crippen LogP contribution in [0.25, 0.3) is 0 Å². The van der Waals surface area contributed by atoms with Crippen molar-refractivity contribution in [2.75, 3.05) is 0 Å². The van der Waals surface area contributed by atoms with E-state index in [-0.39, 0.29) is 12.3 Å². The van der Waals surface area contributed by atoms with Gasteiger partial charge >= 0.3 is 0 Å². The Morgan fingerprint density at radius 3 is 2.57 bits per heavy atom. The largest absolute Gasteiger partial charge is 0.464 e. The molecular formula is C22H15BrCl2N2O. The third-order valence-electron chi connectivity index (χ3n) is 5.06. The Hall–Kier alpha value is -2.01. The van der Waals surface area contributed by atoms with Crippen molar-refractivity contribution in [3.63, 3.8) is 0 Å². The van der Waals surface area contributed by atoms with Crippen molar-refractivity contribution in [3.8, 4) is 5.75 Å². The molecule has 0 fully saturated rings. The van der Waals surface area contributed by atoms with E-state index in [2.05, 4.69) is 22.0 Å². The molecule has 0 unspecified atom stereocenters. The van der Waals surface area contributed by atoms with Crippen molar-refractivity contribution in [2.24, 2.45) is 5.10 Å². The van der Waals surface area contributed by atoms with Crippen molar-refractivity contribution < 1.29 is 4.74 Å². The molecule has 0 spiro atoms. The molecule has 3 aromatic carbocycles. The normalized spacial score (nSPS) is 20.2. The molecule has 2 atom stereocenters. The van der Waals surface area contributed by atoms with Gasteiger partial charge in [0.25, 0.3) is 0 Å². The smallest absolute Gasteiger partial charge is 0.213 e. The molecule has 0 aliphatic carbocycles. The van der Waals surface area contributed by atoms with Gasteiger partial charge in [-0.05, 0) is 48.0 Å². The summed E-state index contributed by atoms with van der Waals surface area (Å²) in [5.74, 6) is 0.877. The summed E-state index contributed by atoms with van der Waals surface area (Å²) >= 11 is 15.9. The van der Waals surface area contributed by atoms with Gasteiger partial charge in [0, 0.05) is 32.1 Å². The van der Waals surface area contributed by atoms with Gasteiger partial charge in [0.05, 0.1) is 11.8 Å². The van der Waals surface area contributed by atoms with E-state index >= 15 is 0 Å². The van der Waals surface area contributed by atoms with Crippen LogP contribution in [0.5, 0.6) is 5.75 Å². The van der Waals surface area contributed by atoms with Gasteiger partial charge in [0.15, 0.2) is 0 Å². The molecule has 0 amide bonds. The van der Waals surface area contributed by atoms with E-state index in [1.165, 1.54) is 0 Å². The fraction of sp³-hybridized carbons (Fsp3) is 0.136. The van der Waals surface area contributed by atoms with E-state index in [4.69, 9.17) is 33.0 Å². The summed E-state index contributed by atoms with van der Waals surface area (Å²) in [5, 5.41) is 8.39. The molecule has 0 N–H and O–H groups in total. The topological polar surface area (TPSA) is 24.8 Å². The van der Waals surface area contributed by atoms with Crippen molar-refractivity contribution in [1.82, 2.24) is 5.01 Å². The third-order valence-corrected chi connectivity index (χ3v) is 6.04. The lowest BCUT2D eigenvalue weighted by molar-refractivity contribution is -0.0190. The highest BCUT2D eigenvalue weighted by atomic mass is 79.9. The molecule has 3 aromatic rings. The average Bonchev–Trinajstić information content (AvgIpc) is 3.14. The third kappa shape index (κ3) is 3.20. The molecule has 0 aromatic heterocycles. The van der Waals surface area contributed by atoms with E-state index in [0.29, 0.717) is 5.02 Å². The van der Waals surface area contributed by atoms with Gasteiger partial charge in [-0.2, -0.15) is 5.10 Å². The Morgan fingerprint density at radius 2 is 1.79 bits per heavy atom. The Balaban J connectivity index is 1.61. The molecule has 140 valence electrons. The predicted molar refractivity (Wildman–Crippen MR) is 116 cm³/mol.